The van der Waals surface area contributed by atoms with Crippen LogP contribution in [0.15, 0.2) is 35.7 Å². The lowest BCUT2D eigenvalue weighted by atomic mass is 10.1. The lowest BCUT2D eigenvalue weighted by Gasteiger charge is -2.04. The van der Waals surface area contributed by atoms with Crippen LogP contribution in [-0.4, -0.2) is 18.1 Å². The highest BCUT2D eigenvalue weighted by atomic mass is 32.3. The number of phenols is 1. The van der Waals surface area contributed by atoms with E-state index < -0.39 is 10.4 Å². The molecule has 0 radical (unpaired) electrons. The molecule has 0 aliphatic heterocycles. The second kappa shape index (κ2) is 4.97. The molecule has 0 fully saturated rings. The standard InChI is InChI=1S/C11H10O5S2/c12-9-3-1-8(2-4-9)7-11-10(5-6-17-11)16-18(13,14)15/h1-6,12H,7H2,(H,13,14,15). The first-order chi connectivity index (χ1) is 8.44. The van der Waals surface area contributed by atoms with Gasteiger partial charge in [-0.25, -0.2) is 0 Å². The molecule has 0 saturated heterocycles. The van der Waals surface area contributed by atoms with Crippen LogP contribution in [0, 0.1) is 0 Å². The first-order valence-electron chi connectivity index (χ1n) is 4.95. The Balaban J connectivity index is 2.20. The van der Waals surface area contributed by atoms with Gasteiger partial charge in [0.05, 0.1) is 4.88 Å². The third-order valence-electron chi connectivity index (χ3n) is 2.20. The molecule has 0 spiro atoms. The van der Waals surface area contributed by atoms with Crippen molar-refractivity contribution in [1.29, 1.82) is 0 Å². The van der Waals surface area contributed by atoms with E-state index in [1.807, 2.05) is 0 Å². The van der Waals surface area contributed by atoms with E-state index in [0.717, 1.165) is 5.56 Å². The van der Waals surface area contributed by atoms with Crippen LogP contribution in [-0.2, 0) is 16.8 Å². The summed E-state index contributed by atoms with van der Waals surface area (Å²) in [4.78, 5) is 0.679. The first-order valence-corrected chi connectivity index (χ1v) is 7.20. The van der Waals surface area contributed by atoms with Gasteiger partial charge in [0.2, 0.25) is 0 Å². The molecule has 96 valence electrons. The molecular weight excluding hydrogens is 276 g/mol. The molecule has 0 bridgehead atoms. The molecule has 7 heteroatoms. The van der Waals surface area contributed by atoms with Crippen LogP contribution in [0.1, 0.15) is 10.4 Å². The van der Waals surface area contributed by atoms with E-state index in [2.05, 4.69) is 4.18 Å². The smallest absolute Gasteiger partial charge is 0.446 e. The number of hydrogen-bond donors (Lipinski definition) is 2. The highest BCUT2D eigenvalue weighted by molar-refractivity contribution is 7.81. The Labute approximate surface area is 108 Å². The summed E-state index contributed by atoms with van der Waals surface area (Å²) in [6.07, 6.45) is 0.461. The zero-order valence-corrected chi connectivity index (χ0v) is 10.7. The molecule has 2 N–H and O–H groups in total. The number of aromatic hydroxyl groups is 1. The van der Waals surface area contributed by atoms with Crippen molar-refractivity contribution >= 4 is 21.7 Å². The van der Waals surface area contributed by atoms with Gasteiger partial charge in [-0.1, -0.05) is 12.1 Å². The summed E-state index contributed by atoms with van der Waals surface area (Å²) in [5.41, 5.74) is 0.899. The molecule has 0 atom stereocenters. The Morgan fingerprint density at radius 1 is 1.17 bits per heavy atom. The topological polar surface area (TPSA) is 83.8 Å². The molecule has 1 heterocycles. The van der Waals surface area contributed by atoms with E-state index in [-0.39, 0.29) is 11.5 Å². The van der Waals surface area contributed by atoms with Crippen LogP contribution < -0.4 is 4.18 Å². The predicted molar refractivity (Wildman–Crippen MR) is 67.4 cm³/mol. The maximum atomic E-state index is 10.7. The highest BCUT2D eigenvalue weighted by Crippen LogP contribution is 2.28. The molecule has 5 nitrogen and oxygen atoms in total. The highest BCUT2D eigenvalue weighted by Gasteiger charge is 2.13. The van der Waals surface area contributed by atoms with Crippen molar-refractivity contribution < 1.29 is 22.3 Å². The Morgan fingerprint density at radius 2 is 1.83 bits per heavy atom. The van der Waals surface area contributed by atoms with Crippen LogP contribution in [0.25, 0.3) is 0 Å². The third kappa shape index (κ3) is 3.46. The SMILES string of the molecule is O=S(=O)(O)Oc1ccsc1Cc1ccc(O)cc1. The number of thiophene rings is 1. The zero-order chi connectivity index (χ0) is 13.2. The average molecular weight is 286 g/mol. The van der Waals surface area contributed by atoms with E-state index in [0.29, 0.717) is 11.3 Å². The number of hydrogen-bond acceptors (Lipinski definition) is 5. The molecule has 0 amide bonds. The summed E-state index contributed by atoms with van der Waals surface area (Å²) in [6, 6.07) is 8.03. The van der Waals surface area contributed by atoms with Crippen LogP contribution >= 0.6 is 11.3 Å². The van der Waals surface area contributed by atoms with Crippen LogP contribution in [0.3, 0.4) is 0 Å². The number of phenolic OH excluding ortho intramolecular Hbond substituents is 1. The van der Waals surface area contributed by atoms with Gasteiger partial charge in [0, 0.05) is 6.42 Å². The molecule has 0 aliphatic rings. The number of rotatable bonds is 4. The van der Waals surface area contributed by atoms with Crippen molar-refractivity contribution in [3.8, 4) is 11.5 Å². The van der Waals surface area contributed by atoms with Crippen LogP contribution in [0.2, 0.25) is 0 Å². The molecule has 0 aliphatic carbocycles. The van der Waals surface area contributed by atoms with Gasteiger partial charge in [-0.3, -0.25) is 4.55 Å². The molecule has 0 saturated carbocycles. The van der Waals surface area contributed by atoms with Gasteiger partial charge >= 0.3 is 10.4 Å². The van der Waals surface area contributed by atoms with Gasteiger partial charge < -0.3 is 9.29 Å². The van der Waals surface area contributed by atoms with Gasteiger partial charge in [-0.15, -0.1) is 11.3 Å². The normalized spacial score (nSPS) is 11.4. The Hall–Kier alpha value is -1.57. The average Bonchev–Trinajstić information content (AvgIpc) is 2.67. The molecule has 2 rings (SSSR count). The lowest BCUT2D eigenvalue weighted by molar-refractivity contribution is 0.386. The number of benzene rings is 1. The summed E-state index contributed by atoms with van der Waals surface area (Å²) in [7, 11) is -4.50. The van der Waals surface area contributed by atoms with Crippen molar-refractivity contribution in [2.75, 3.05) is 0 Å². The maximum absolute atomic E-state index is 10.7. The van der Waals surface area contributed by atoms with Gasteiger partial charge in [0.25, 0.3) is 0 Å². The largest absolute Gasteiger partial charge is 0.508 e. The molecule has 1 aromatic carbocycles. The summed E-state index contributed by atoms with van der Waals surface area (Å²) in [6.45, 7) is 0. The molecule has 2 aromatic rings. The first kappa shape index (κ1) is 12.9. The Bertz CT molecular complexity index is 628. The molecular formula is C11H10O5S2. The van der Waals surface area contributed by atoms with Crippen LogP contribution in [0.5, 0.6) is 11.5 Å². The second-order valence-corrected chi connectivity index (χ2v) is 5.59. The zero-order valence-electron chi connectivity index (χ0n) is 9.11. The van der Waals surface area contributed by atoms with E-state index in [1.165, 1.54) is 17.4 Å². The van der Waals surface area contributed by atoms with Crippen molar-refractivity contribution in [3.63, 3.8) is 0 Å². The van der Waals surface area contributed by atoms with E-state index >= 15 is 0 Å². The minimum Gasteiger partial charge on any atom is -0.508 e. The van der Waals surface area contributed by atoms with Crippen molar-refractivity contribution in [2.24, 2.45) is 0 Å². The maximum Gasteiger partial charge on any atom is 0.446 e. The second-order valence-electron chi connectivity index (χ2n) is 3.56. The predicted octanol–water partition coefficient (Wildman–Crippen LogP) is 2.23. The Kier molecular flexibility index (Phi) is 3.55. The molecule has 1 aromatic heterocycles. The summed E-state index contributed by atoms with van der Waals surface area (Å²) in [5, 5.41) is 10.8. The minimum atomic E-state index is -4.50. The van der Waals surface area contributed by atoms with E-state index in [4.69, 9.17) is 9.66 Å². The fourth-order valence-electron chi connectivity index (χ4n) is 1.44. The summed E-state index contributed by atoms with van der Waals surface area (Å²) >= 11 is 1.33. The quantitative estimate of drug-likeness (QED) is 0.842. The van der Waals surface area contributed by atoms with Crippen molar-refractivity contribution in [3.05, 3.63) is 46.2 Å². The fourth-order valence-corrected chi connectivity index (χ4v) is 2.71. The third-order valence-corrected chi connectivity index (χ3v) is 3.49. The van der Waals surface area contributed by atoms with Crippen molar-refractivity contribution in [1.82, 2.24) is 0 Å². The molecule has 18 heavy (non-hydrogen) atoms. The van der Waals surface area contributed by atoms with Gasteiger partial charge in [-0.05, 0) is 29.1 Å². The van der Waals surface area contributed by atoms with Crippen molar-refractivity contribution in [2.45, 2.75) is 6.42 Å². The lowest BCUT2D eigenvalue weighted by Crippen LogP contribution is -2.07. The fraction of sp³-hybridized carbons (Fsp3) is 0.0909. The van der Waals surface area contributed by atoms with Gasteiger partial charge in [0.1, 0.15) is 5.75 Å². The van der Waals surface area contributed by atoms with Gasteiger partial charge in [-0.2, -0.15) is 8.42 Å². The van der Waals surface area contributed by atoms with E-state index in [9.17, 15) is 8.42 Å². The summed E-state index contributed by atoms with van der Waals surface area (Å²) < 4.78 is 34.4. The Morgan fingerprint density at radius 3 is 2.44 bits per heavy atom. The van der Waals surface area contributed by atoms with Gasteiger partial charge in [0.15, 0.2) is 5.75 Å². The monoisotopic (exact) mass is 286 g/mol. The molecule has 0 unspecified atom stereocenters. The van der Waals surface area contributed by atoms with Crippen LogP contribution in [0.4, 0.5) is 0 Å². The summed E-state index contributed by atoms with van der Waals surface area (Å²) in [5.74, 6) is 0.287. The minimum absolute atomic E-state index is 0.121. The van der Waals surface area contributed by atoms with E-state index in [1.54, 1.807) is 29.6 Å².